The Morgan fingerprint density at radius 1 is 1.03 bits per heavy atom. The van der Waals surface area contributed by atoms with Crippen LogP contribution >= 0.6 is 0 Å². The fraction of sp³-hybridized carbons (Fsp3) is 0.800. The maximum atomic E-state index is 11.4. The van der Waals surface area contributed by atoms with Crippen LogP contribution in [-0.2, 0) is 9.47 Å². The number of nitrogens with zero attached hydrogens (tertiary/aromatic N) is 2. The van der Waals surface area contributed by atoms with Crippen molar-refractivity contribution < 1.29 is 80.3 Å². The third-order valence-corrected chi connectivity index (χ3v) is 4.00. The van der Waals surface area contributed by atoms with Crippen molar-refractivity contribution in [3.05, 3.63) is 0 Å². The molecule has 2 heterocycles. The molecule has 0 radical (unpaired) electrons. The molecule has 2 saturated heterocycles. The van der Waals surface area contributed by atoms with Crippen molar-refractivity contribution in [3.8, 4) is 6.26 Å². The van der Waals surface area contributed by atoms with E-state index in [2.05, 4.69) is 16.0 Å². The molecule has 0 bridgehead atoms. The van der Waals surface area contributed by atoms with Crippen LogP contribution in [0.2, 0.25) is 0 Å². The molecule has 2 aliphatic heterocycles. The number of hydrogen-bond donors (Lipinski definition) is 4. The molecule has 4 amide bonds. The van der Waals surface area contributed by atoms with Crippen LogP contribution in [0.3, 0.4) is 0 Å². The van der Waals surface area contributed by atoms with Crippen LogP contribution in [0.4, 0.5) is 14.4 Å². The number of rotatable bonds is 2. The van der Waals surface area contributed by atoms with Gasteiger partial charge in [-0.3, -0.25) is 0 Å². The molecule has 0 spiro atoms. The van der Waals surface area contributed by atoms with E-state index in [9.17, 15) is 14.4 Å². The van der Waals surface area contributed by atoms with E-state index in [1.165, 1.54) is 4.90 Å². The molecule has 0 aliphatic carbocycles. The number of carbonyl (C=O) groups is 3. The number of primary amides is 1. The maximum Gasteiger partial charge on any atom is 1.00 e. The standard InChI is InChI=1S/C10H19N3O3.C9H18N2O2.CHNO.K/c1-10(2,3)16-9(15)12-7-4-5-13(6-7)8(11)14;1-9(2,3)13-8(12)11-7-4-5-10-6-7;2-1-3;/h7H,4-6H2,1-3H3,(H2,11,14)(H,12,15);7,10H,4-6H2,1-3H3,(H,11,12);3H;/q;;;+1/p-1. The first-order chi connectivity index (χ1) is 14.7. The van der Waals surface area contributed by atoms with Crippen LogP contribution in [0, 0.1) is 11.5 Å². The van der Waals surface area contributed by atoms with Gasteiger partial charge in [0.25, 0.3) is 0 Å². The Labute approximate surface area is 238 Å². The second-order valence-corrected chi connectivity index (χ2v) is 9.34. The second kappa shape index (κ2) is 16.3. The van der Waals surface area contributed by atoms with Crippen molar-refractivity contribution in [2.75, 3.05) is 26.2 Å². The Hall–Kier alpha value is -1.30. The topological polar surface area (TPSA) is 182 Å². The molecule has 184 valence electrons. The zero-order valence-electron chi connectivity index (χ0n) is 20.8. The minimum atomic E-state index is -0.508. The van der Waals surface area contributed by atoms with E-state index in [4.69, 9.17) is 25.6 Å². The first-order valence-electron chi connectivity index (χ1n) is 10.4. The molecule has 13 heteroatoms. The smallest absolute Gasteiger partial charge is 0.812 e. The fourth-order valence-electron chi connectivity index (χ4n) is 2.80. The van der Waals surface area contributed by atoms with Gasteiger partial charge < -0.3 is 41.2 Å². The number of ether oxygens (including phenoxy) is 2. The molecule has 2 rings (SSSR count). The molecule has 33 heavy (non-hydrogen) atoms. The SMILES string of the molecule is CC(C)(C)OC(=O)NC1CCN(C(N)=O)C1.CC(C)(C)OC(=O)NC1CCNC1.N#C[O-].[K+]. The van der Waals surface area contributed by atoms with Crippen molar-refractivity contribution in [3.63, 3.8) is 0 Å². The van der Waals surface area contributed by atoms with Gasteiger partial charge in [-0.15, -0.1) is 0 Å². The number of hydrogen-bond acceptors (Lipinski definition) is 8. The second-order valence-electron chi connectivity index (χ2n) is 9.34. The summed E-state index contributed by atoms with van der Waals surface area (Å²) in [6.07, 6.45) is 1.42. The Morgan fingerprint density at radius 2 is 1.48 bits per heavy atom. The molecule has 0 saturated carbocycles. The summed E-state index contributed by atoms with van der Waals surface area (Å²) in [5.41, 5.74) is 4.22. The average Bonchev–Trinajstić information content (AvgIpc) is 3.24. The van der Waals surface area contributed by atoms with Crippen molar-refractivity contribution in [1.29, 1.82) is 5.26 Å². The van der Waals surface area contributed by atoms with Crippen molar-refractivity contribution in [1.82, 2.24) is 20.9 Å². The van der Waals surface area contributed by atoms with Crippen LogP contribution in [0.5, 0.6) is 0 Å². The van der Waals surface area contributed by atoms with E-state index < -0.39 is 23.3 Å². The summed E-state index contributed by atoms with van der Waals surface area (Å²) < 4.78 is 10.2. The molecule has 2 fully saturated rings. The van der Waals surface area contributed by atoms with Gasteiger partial charge in [0.2, 0.25) is 0 Å². The minimum Gasteiger partial charge on any atom is -0.812 e. The number of nitrogens with one attached hydrogen (secondary N) is 3. The van der Waals surface area contributed by atoms with Gasteiger partial charge >= 0.3 is 69.6 Å². The van der Waals surface area contributed by atoms with Crippen LogP contribution in [0.1, 0.15) is 54.4 Å². The van der Waals surface area contributed by atoms with E-state index in [-0.39, 0.29) is 69.6 Å². The van der Waals surface area contributed by atoms with E-state index >= 15 is 0 Å². The predicted molar refractivity (Wildman–Crippen MR) is 115 cm³/mol. The predicted octanol–water partition coefficient (Wildman–Crippen LogP) is -2.63. The first kappa shape index (κ1) is 33.9. The third-order valence-electron chi connectivity index (χ3n) is 4.00. The van der Waals surface area contributed by atoms with Crippen molar-refractivity contribution in [2.45, 2.75) is 77.7 Å². The zero-order valence-corrected chi connectivity index (χ0v) is 23.9. The number of nitrogens with two attached hydrogens (primary N) is 1. The summed E-state index contributed by atoms with van der Waals surface area (Å²) in [5, 5.41) is 23.7. The quantitative estimate of drug-likeness (QED) is 0.236. The minimum absolute atomic E-state index is 0. The number of urea groups is 1. The largest absolute Gasteiger partial charge is 1.00 e. The molecule has 0 aromatic rings. The van der Waals surface area contributed by atoms with Gasteiger partial charge in [-0.1, -0.05) is 0 Å². The Kier molecular flexibility index (Phi) is 16.8. The Balaban J connectivity index is 0. The summed E-state index contributed by atoms with van der Waals surface area (Å²) in [6, 6.07) is -0.286. The first-order valence-corrected chi connectivity index (χ1v) is 10.4. The maximum absolute atomic E-state index is 11.4. The van der Waals surface area contributed by atoms with E-state index in [1.807, 2.05) is 20.8 Å². The molecular weight excluding hydrogens is 459 g/mol. The summed E-state index contributed by atoms with van der Waals surface area (Å²) in [4.78, 5) is 35.0. The van der Waals surface area contributed by atoms with Crippen molar-refractivity contribution in [2.24, 2.45) is 5.73 Å². The number of alkyl carbamates (subject to hydrolysis) is 2. The van der Waals surface area contributed by atoms with E-state index in [0.29, 0.717) is 25.8 Å². The number of nitriles is 1. The average molecular weight is 497 g/mol. The molecule has 0 aromatic carbocycles. The van der Waals surface area contributed by atoms with E-state index in [1.54, 1.807) is 20.8 Å². The van der Waals surface area contributed by atoms with E-state index in [0.717, 1.165) is 19.5 Å². The molecule has 2 atom stereocenters. The number of carbonyl (C=O) groups excluding carboxylic acids is 3. The summed E-state index contributed by atoms with van der Waals surface area (Å²) in [6.45, 7) is 13.8. The van der Waals surface area contributed by atoms with Gasteiger partial charge in [0.15, 0.2) is 0 Å². The van der Waals surface area contributed by atoms with Crippen molar-refractivity contribution >= 4 is 18.2 Å². The molecule has 12 nitrogen and oxygen atoms in total. The third kappa shape index (κ3) is 18.8. The van der Waals surface area contributed by atoms with Gasteiger partial charge in [-0.05, 0) is 60.9 Å². The fourth-order valence-corrected chi connectivity index (χ4v) is 2.80. The van der Waals surface area contributed by atoms with Crippen LogP contribution < -0.4 is 78.2 Å². The number of likely N-dealkylation sites (tertiary alicyclic amines) is 1. The monoisotopic (exact) mass is 496 g/mol. The summed E-state index contributed by atoms with van der Waals surface area (Å²) >= 11 is 0. The van der Waals surface area contributed by atoms with Gasteiger partial charge in [-0.2, -0.15) is 0 Å². The van der Waals surface area contributed by atoms with Gasteiger partial charge in [0.1, 0.15) is 11.2 Å². The van der Waals surface area contributed by atoms with Crippen LogP contribution in [0.15, 0.2) is 0 Å². The van der Waals surface area contributed by atoms with Gasteiger partial charge in [0.05, 0.1) is 6.04 Å². The van der Waals surface area contributed by atoms with Crippen LogP contribution in [0.25, 0.3) is 0 Å². The zero-order chi connectivity index (χ0) is 24.9. The number of amides is 4. The van der Waals surface area contributed by atoms with Gasteiger partial charge in [-0.25, -0.2) is 19.6 Å². The molecule has 2 aliphatic rings. The van der Waals surface area contributed by atoms with Gasteiger partial charge in [0, 0.05) is 31.9 Å². The molecular formula is C20H37KN6O6. The molecule has 5 N–H and O–H groups in total. The Bertz CT molecular complexity index is 653. The van der Waals surface area contributed by atoms with Crippen LogP contribution in [-0.4, -0.2) is 72.6 Å². The summed E-state index contributed by atoms with van der Waals surface area (Å²) in [7, 11) is 0. The molecule has 2 unspecified atom stereocenters. The Morgan fingerprint density at radius 3 is 1.82 bits per heavy atom. The normalized spacial score (nSPS) is 19.2. The summed E-state index contributed by atoms with van der Waals surface area (Å²) in [5.74, 6) is 0. The molecule has 0 aromatic heterocycles.